The van der Waals surface area contributed by atoms with Gasteiger partial charge < -0.3 is 15.5 Å². The molecule has 0 aliphatic carbocycles. The molecule has 106 valence electrons. The van der Waals surface area contributed by atoms with E-state index >= 15 is 0 Å². The molecule has 1 amide bonds. The Bertz CT molecular complexity index is 571. The van der Waals surface area contributed by atoms with Crippen molar-refractivity contribution in [1.29, 1.82) is 0 Å². The molecule has 1 aromatic carbocycles. The molecule has 0 unspecified atom stereocenters. The number of nitrogens with two attached hydrogens (primary N) is 1. The van der Waals surface area contributed by atoms with Gasteiger partial charge in [-0.1, -0.05) is 23.5 Å². The molecule has 0 atom stereocenters. The van der Waals surface area contributed by atoms with E-state index in [2.05, 4.69) is 16.0 Å². The van der Waals surface area contributed by atoms with E-state index in [0.29, 0.717) is 13.0 Å². The van der Waals surface area contributed by atoms with Crippen LogP contribution in [0.1, 0.15) is 6.42 Å². The molecule has 0 saturated carbocycles. The third-order valence-electron chi connectivity index (χ3n) is 3.54. The molecule has 2 N–H and O–H groups in total. The zero-order valence-corrected chi connectivity index (χ0v) is 12.1. The Morgan fingerprint density at radius 3 is 2.70 bits per heavy atom. The maximum absolute atomic E-state index is 11.8. The largest absolute Gasteiger partial charge is 0.345 e. The van der Waals surface area contributed by atoms with E-state index < -0.39 is 0 Å². The minimum Gasteiger partial charge on any atom is -0.345 e. The Morgan fingerprint density at radius 2 is 2.00 bits per heavy atom. The summed E-state index contributed by atoms with van der Waals surface area (Å²) in [5, 5.41) is 1.05. The maximum atomic E-state index is 11.8. The zero-order valence-electron chi connectivity index (χ0n) is 11.3. The van der Waals surface area contributed by atoms with Gasteiger partial charge in [0.2, 0.25) is 5.91 Å². The third-order valence-corrected chi connectivity index (χ3v) is 4.64. The number of para-hydroxylation sites is 1. The molecule has 5 nitrogen and oxygen atoms in total. The molecule has 1 aliphatic rings. The van der Waals surface area contributed by atoms with Crippen LogP contribution >= 0.6 is 11.3 Å². The number of hydrogen-bond acceptors (Lipinski definition) is 5. The Kier molecular flexibility index (Phi) is 3.84. The second kappa shape index (κ2) is 5.76. The number of nitrogens with zero attached hydrogens (tertiary/aromatic N) is 3. The number of carbonyl (C=O) groups excluding carboxylic acids is 1. The fraction of sp³-hybridized carbons (Fsp3) is 0.429. The number of aromatic nitrogens is 1. The molecule has 3 rings (SSSR count). The molecule has 1 saturated heterocycles. The van der Waals surface area contributed by atoms with Gasteiger partial charge in [0.15, 0.2) is 5.13 Å². The molecule has 1 fully saturated rings. The third kappa shape index (κ3) is 2.62. The minimum absolute atomic E-state index is 0.163. The number of anilines is 1. The SMILES string of the molecule is NCCC(=O)N1CCN(c2nc3ccccc3s2)CC1. The lowest BCUT2D eigenvalue weighted by Crippen LogP contribution is -2.49. The number of carbonyl (C=O) groups is 1. The van der Waals surface area contributed by atoms with Crippen LogP contribution < -0.4 is 10.6 Å². The Labute approximate surface area is 122 Å². The first-order valence-corrected chi connectivity index (χ1v) is 7.68. The highest BCUT2D eigenvalue weighted by Crippen LogP contribution is 2.29. The van der Waals surface area contributed by atoms with Crippen molar-refractivity contribution in [2.45, 2.75) is 6.42 Å². The molecule has 1 aromatic heterocycles. The van der Waals surface area contributed by atoms with Gasteiger partial charge in [-0.2, -0.15) is 0 Å². The number of piperazine rings is 1. The van der Waals surface area contributed by atoms with Gasteiger partial charge in [-0.3, -0.25) is 4.79 Å². The molecule has 0 bridgehead atoms. The molecule has 0 spiro atoms. The molecule has 0 radical (unpaired) electrons. The van der Waals surface area contributed by atoms with Crippen LogP contribution in [0.15, 0.2) is 24.3 Å². The first-order valence-electron chi connectivity index (χ1n) is 6.86. The highest BCUT2D eigenvalue weighted by Gasteiger charge is 2.22. The van der Waals surface area contributed by atoms with Crippen molar-refractivity contribution in [3.63, 3.8) is 0 Å². The van der Waals surface area contributed by atoms with Crippen LogP contribution in [0.4, 0.5) is 5.13 Å². The van der Waals surface area contributed by atoms with Crippen molar-refractivity contribution in [3.8, 4) is 0 Å². The quantitative estimate of drug-likeness (QED) is 0.925. The van der Waals surface area contributed by atoms with Crippen molar-refractivity contribution in [3.05, 3.63) is 24.3 Å². The van der Waals surface area contributed by atoms with Crippen LogP contribution in [-0.4, -0.2) is 48.5 Å². The van der Waals surface area contributed by atoms with Crippen molar-refractivity contribution in [2.75, 3.05) is 37.6 Å². The lowest BCUT2D eigenvalue weighted by atomic mass is 10.3. The van der Waals surface area contributed by atoms with Crippen LogP contribution in [-0.2, 0) is 4.79 Å². The number of thiazole rings is 1. The second-order valence-corrected chi connectivity index (χ2v) is 5.88. The monoisotopic (exact) mass is 290 g/mol. The van der Waals surface area contributed by atoms with Gasteiger partial charge in [-0.05, 0) is 12.1 Å². The van der Waals surface area contributed by atoms with Crippen LogP contribution in [0.2, 0.25) is 0 Å². The Hall–Kier alpha value is -1.66. The van der Waals surface area contributed by atoms with Gasteiger partial charge >= 0.3 is 0 Å². The normalized spacial score (nSPS) is 15.8. The standard InChI is InChI=1S/C14H18N4OS/c15-6-5-13(19)17-7-9-18(10-8-17)14-16-11-3-1-2-4-12(11)20-14/h1-4H,5-10,15H2. The first-order chi connectivity index (χ1) is 9.78. The summed E-state index contributed by atoms with van der Waals surface area (Å²) in [4.78, 5) is 20.6. The smallest absolute Gasteiger partial charge is 0.223 e. The van der Waals surface area contributed by atoms with Crippen molar-refractivity contribution >= 4 is 32.6 Å². The summed E-state index contributed by atoms with van der Waals surface area (Å²) >= 11 is 1.72. The lowest BCUT2D eigenvalue weighted by molar-refractivity contribution is -0.131. The van der Waals surface area contributed by atoms with E-state index in [0.717, 1.165) is 36.8 Å². The fourth-order valence-corrected chi connectivity index (χ4v) is 3.44. The van der Waals surface area contributed by atoms with Crippen LogP contribution in [0, 0.1) is 0 Å². The van der Waals surface area contributed by atoms with Gasteiger partial charge in [-0.25, -0.2) is 4.98 Å². The number of benzene rings is 1. The molecular formula is C14H18N4OS. The molecule has 6 heteroatoms. The van der Waals surface area contributed by atoms with Gasteiger partial charge in [0.1, 0.15) is 0 Å². The Balaban J connectivity index is 1.67. The summed E-state index contributed by atoms with van der Waals surface area (Å²) in [6.07, 6.45) is 0.446. The number of amides is 1. The van der Waals surface area contributed by atoms with Crippen LogP contribution in [0.25, 0.3) is 10.2 Å². The van der Waals surface area contributed by atoms with Crippen molar-refractivity contribution in [1.82, 2.24) is 9.88 Å². The molecule has 2 aromatic rings. The topological polar surface area (TPSA) is 62.5 Å². The first kappa shape index (κ1) is 13.3. The van der Waals surface area contributed by atoms with E-state index in [1.165, 1.54) is 4.70 Å². The molecule has 1 aliphatic heterocycles. The van der Waals surface area contributed by atoms with Gasteiger partial charge in [-0.15, -0.1) is 0 Å². The number of fused-ring (bicyclic) bond motifs is 1. The zero-order chi connectivity index (χ0) is 13.9. The fourth-order valence-electron chi connectivity index (χ4n) is 2.42. The van der Waals surface area contributed by atoms with Gasteiger partial charge in [0, 0.05) is 39.1 Å². The summed E-state index contributed by atoms with van der Waals surface area (Å²) in [5.74, 6) is 0.163. The molecule has 20 heavy (non-hydrogen) atoms. The highest BCUT2D eigenvalue weighted by molar-refractivity contribution is 7.22. The summed E-state index contributed by atoms with van der Waals surface area (Å²) in [7, 11) is 0. The Morgan fingerprint density at radius 1 is 1.25 bits per heavy atom. The summed E-state index contributed by atoms with van der Waals surface area (Å²) in [6.45, 7) is 3.63. The summed E-state index contributed by atoms with van der Waals surface area (Å²) in [5.41, 5.74) is 6.48. The van der Waals surface area contributed by atoms with E-state index in [1.54, 1.807) is 11.3 Å². The van der Waals surface area contributed by atoms with E-state index in [-0.39, 0.29) is 5.91 Å². The van der Waals surface area contributed by atoms with Gasteiger partial charge in [0.25, 0.3) is 0 Å². The highest BCUT2D eigenvalue weighted by atomic mass is 32.1. The average Bonchev–Trinajstić information content (AvgIpc) is 2.91. The van der Waals surface area contributed by atoms with Crippen LogP contribution in [0.5, 0.6) is 0 Å². The average molecular weight is 290 g/mol. The minimum atomic E-state index is 0.163. The van der Waals surface area contributed by atoms with Crippen LogP contribution in [0.3, 0.4) is 0 Å². The predicted octanol–water partition coefficient (Wildman–Crippen LogP) is 1.29. The molecule has 2 heterocycles. The van der Waals surface area contributed by atoms with Crippen molar-refractivity contribution in [2.24, 2.45) is 5.73 Å². The maximum Gasteiger partial charge on any atom is 0.223 e. The van der Waals surface area contributed by atoms with Gasteiger partial charge in [0.05, 0.1) is 10.2 Å². The van der Waals surface area contributed by atoms with E-state index in [1.807, 2.05) is 23.1 Å². The molecular weight excluding hydrogens is 272 g/mol. The summed E-state index contributed by atoms with van der Waals surface area (Å²) < 4.78 is 1.21. The second-order valence-electron chi connectivity index (χ2n) is 4.87. The van der Waals surface area contributed by atoms with Crippen molar-refractivity contribution < 1.29 is 4.79 Å². The van der Waals surface area contributed by atoms with E-state index in [4.69, 9.17) is 5.73 Å². The number of rotatable bonds is 3. The lowest BCUT2D eigenvalue weighted by Gasteiger charge is -2.34. The summed E-state index contributed by atoms with van der Waals surface area (Å²) in [6, 6.07) is 8.18. The van der Waals surface area contributed by atoms with E-state index in [9.17, 15) is 4.79 Å². The number of hydrogen-bond donors (Lipinski definition) is 1. The predicted molar refractivity (Wildman–Crippen MR) is 82.1 cm³/mol.